The zero-order valence-corrected chi connectivity index (χ0v) is 11.8. The Morgan fingerprint density at radius 2 is 2.21 bits per heavy atom. The molecule has 0 saturated carbocycles. The molecule has 0 spiro atoms. The van der Waals surface area contributed by atoms with Gasteiger partial charge < -0.3 is 9.47 Å². The maximum absolute atomic E-state index is 5.86. The summed E-state index contributed by atoms with van der Waals surface area (Å²) in [6, 6.07) is 8.13. The fraction of sp³-hybridized carbons (Fsp3) is 0.600. The number of benzene rings is 1. The fourth-order valence-corrected chi connectivity index (χ4v) is 2.51. The van der Waals surface area contributed by atoms with Gasteiger partial charge in [-0.1, -0.05) is 18.2 Å². The molecule has 2 rings (SSSR count). The molecule has 2 unspecified atom stereocenters. The van der Waals surface area contributed by atoms with Gasteiger partial charge in [0, 0.05) is 12.2 Å². The van der Waals surface area contributed by atoms with Crippen molar-refractivity contribution >= 4 is 0 Å². The van der Waals surface area contributed by atoms with E-state index in [-0.39, 0.29) is 12.1 Å². The molecule has 1 fully saturated rings. The number of hydrogen-bond donors (Lipinski definition) is 2. The highest BCUT2D eigenvalue weighted by atomic mass is 16.5. The lowest BCUT2D eigenvalue weighted by Crippen LogP contribution is -2.31. The Bertz CT molecular complexity index is 389. The summed E-state index contributed by atoms with van der Waals surface area (Å²) in [7, 11) is 0. The van der Waals surface area contributed by atoms with E-state index in [1.165, 1.54) is 0 Å². The topological polar surface area (TPSA) is 56.5 Å². The molecule has 0 radical (unpaired) electrons. The van der Waals surface area contributed by atoms with Crippen LogP contribution in [0.4, 0.5) is 0 Å². The molecule has 0 aromatic heterocycles. The Morgan fingerprint density at radius 3 is 2.84 bits per heavy atom. The SMILES string of the molecule is CC(C)Oc1ccccc1C(CC1CCCO1)NN. The van der Waals surface area contributed by atoms with Crippen LogP contribution in [-0.4, -0.2) is 18.8 Å². The van der Waals surface area contributed by atoms with Gasteiger partial charge in [-0.3, -0.25) is 11.3 Å². The predicted molar refractivity (Wildman–Crippen MR) is 75.9 cm³/mol. The molecule has 1 aromatic rings. The monoisotopic (exact) mass is 264 g/mol. The molecule has 0 amide bonds. The van der Waals surface area contributed by atoms with Crippen molar-refractivity contribution in [3.63, 3.8) is 0 Å². The molecular formula is C15H24N2O2. The Morgan fingerprint density at radius 1 is 1.42 bits per heavy atom. The van der Waals surface area contributed by atoms with E-state index >= 15 is 0 Å². The predicted octanol–water partition coefficient (Wildman–Crippen LogP) is 2.55. The van der Waals surface area contributed by atoms with Crippen LogP contribution in [0.5, 0.6) is 5.75 Å². The number of nitrogens with one attached hydrogen (secondary N) is 1. The quantitative estimate of drug-likeness (QED) is 0.612. The van der Waals surface area contributed by atoms with Gasteiger partial charge in [0.15, 0.2) is 0 Å². The number of ether oxygens (including phenoxy) is 2. The van der Waals surface area contributed by atoms with Crippen molar-refractivity contribution < 1.29 is 9.47 Å². The van der Waals surface area contributed by atoms with Crippen LogP contribution >= 0.6 is 0 Å². The smallest absolute Gasteiger partial charge is 0.124 e. The number of hydrazine groups is 1. The van der Waals surface area contributed by atoms with Crippen molar-refractivity contribution in [1.29, 1.82) is 0 Å². The second-order valence-corrected chi connectivity index (χ2v) is 5.29. The van der Waals surface area contributed by atoms with Gasteiger partial charge in [0.1, 0.15) is 5.75 Å². The number of nitrogens with two attached hydrogens (primary N) is 1. The van der Waals surface area contributed by atoms with Crippen molar-refractivity contribution in [2.24, 2.45) is 5.84 Å². The lowest BCUT2D eigenvalue weighted by Gasteiger charge is -2.23. The summed E-state index contributed by atoms with van der Waals surface area (Å²) >= 11 is 0. The maximum atomic E-state index is 5.86. The van der Waals surface area contributed by atoms with Crippen molar-refractivity contribution in [2.45, 2.75) is 51.4 Å². The summed E-state index contributed by atoms with van der Waals surface area (Å²) in [6.45, 7) is 4.93. The van der Waals surface area contributed by atoms with Crippen molar-refractivity contribution in [1.82, 2.24) is 5.43 Å². The van der Waals surface area contributed by atoms with Crippen LogP contribution < -0.4 is 16.0 Å². The zero-order valence-electron chi connectivity index (χ0n) is 11.8. The maximum Gasteiger partial charge on any atom is 0.124 e. The minimum atomic E-state index is 0.0676. The van der Waals surface area contributed by atoms with E-state index < -0.39 is 0 Å². The van der Waals surface area contributed by atoms with E-state index in [0.717, 1.165) is 37.2 Å². The largest absolute Gasteiger partial charge is 0.491 e. The summed E-state index contributed by atoms with van der Waals surface area (Å²) in [5.74, 6) is 6.62. The van der Waals surface area contributed by atoms with E-state index in [1.807, 2.05) is 32.0 Å². The summed E-state index contributed by atoms with van der Waals surface area (Å²) in [5.41, 5.74) is 4.00. The molecule has 4 heteroatoms. The summed E-state index contributed by atoms with van der Waals surface area (Å²) < 4.78 is 11.5. The van der Waals surface area contributed by atoms with Gasteiger partial charge in [0.25, 0.3) is 0 Å². The molecule has 2 atom stereocenters. The van der Waals surface area contributed by atoms with Crippen LogP contribution in [0.15, 0.2) is 24.3 Å². The number of hydrogen-bond acceptors (Lipinski definition) is 4. The second kappa shape index (κ2) is 6.89. The lowest BCUT2D eigenvalue weighted by molar-refractivity contribution is 0.0940. The van der Waals surface area contributed by atoms with Gasteiger partial charge in [-0.25, -0.2) is 0 Å². The molecule has 1 aromatic carbocycles. The van der Waals surface area contributed by atoms with E-state index in [9.17, 15) is 0 Å². The summed E-state index contributed by atoms with van der Waals surface area (Å²) in [5, 5.41) is 0. The molecule has 0 bridgehead atoms. The van der Waals surface area contributed by atoms with Crippen LogP contribution in [0.1, 0.15) is 44.7 Å². The fourth-order valence-electron chi connectivity index (χ4n) is 2.51. The van der Waals surface area contributed by atoms with Crippen LogP contribution in [0.3, 0.4) is 0 Å². The second-order valence-electron chi connectivity index (χ2n) is 5.29. The van der Waals surface area contributed by atoms with E-state index in [4.69, 9.17) is 15.3 Å². The Balaban J connectivity index is 2.12. The first-order valence-corrected chi connectivity index (χ1v) is 7.04. The lowest BCUT2D eigenvalue weighted by atomic mass is 9.99. The molecule has 0 aliphatic carbocycles. The molecule has 19 heavy (non-hydrogen) atoms. The minimum absolute atomic E-state index is 0.0676. The van der Waals surface area contributed by atoms with E-state index in [0.29, 0.717) is 6.10 Å². The molecule has 1 aliphatic rings. The number of rotatable bonds is 6. The van der Waals surface area contributed by atoms with Crippen molar-refractivity contribution in [2.75, 3.05) is 6.61 Å². The minimum Gasteiger partial charge on any atom is -0.491 e. The van der Waals surface area contributed by atoms with Crippen molar-refractivity contribution in [3.8, 4) is 5.75 Å². The Labute approximate surface area is 115 Å². The third-order valence-corrected chi connectivity index (χ3v) is 3.38. The first-order valence-electron chi connectivity index (χ1n) is 7.04. The van der Waals surface area contributed by atoms with Crippen LogP contribution in [-0.2, 0) is 4.74 Å². The molecule has 1 aliphatic heterocycles. The Kier molecular flexibility index (Phi) is 5.19. The summed E-state index contributed by atoms with van der Waals surface area (Å²) in [4.78, 5) is 0. The zero-order chi connectivity index (χ0) is 13.7. The molecule has 1 heterocycles. The van der Waals surface area contributed by atoms with Gasteiger partial charge in [-0.15, -0.1) is 0 Å². The average Bonchev–Trinajstić information content (AvgIpc) is 2.89. The highest BCUT2D eigenvalue weighted by molar-refractivity contribution is 5.36. The van der Waals surface area contributed by atoms with E-state index in [2.05, 4.69) is 11.5 Å². The van der Waals surface area contributed by atoms with Crippen molar-refractivity contribution in [3.05, 3.63) is 29.8 Å². The molecule has 4 nitrogen and oxygen atoms in total. The van der Waals surface area contributed by atoms with Gasteiger partial charge in [0.05, 0.1) is 18.2 Å². The molecular weight excluding hydrogens is 240 g/mol. The van der Waals surface area contributed by atoms with Gasteiger partial charge in [0.2, 0.25) is 0 Å². The highest BCUT2D eigenvalue weighted by Gasteiger charge is 2.23. The van der Waals surface area contributed by atoms with E-state index in [1.54, 1.807) is 0 Å². The normalized spacial score (nSPS) is 20.7. The van der Waals surface area contributed by atoms with Gasteiger partial charge in [-0.05, 0) is 39.2 Å². The Hall–Kier alpha value is -1.10. The van der Waals surface area contributed by atoms with Gasteiger partial charge in [-0.2, -0.15) is 0 Å². The standard InChI is InChI=1S/C15H24N2O2/c1-11(2)19-15-8-4-3-7-13(15)14(17-16)10-12-6-5-9-18-12/h3-4,7-8,11-12,14,17H,5-6,9-10,16H2,1-2H3. The average molecular weight is 264 g/mol. The third kappa shape index (κ3) is 3.93. The number of para-hydroxylation sites is 1. The highest BCUT2D eigenvalue weighted by Crippen LogP contribution is 2.31. The first kappa shape index (κ1) is 14.3. The molecule has 106 valence electrons. The molecule has 3 N–H and O–H groups in total. The van der Waals surface area contributed by atoms with Crippen LogP contribution in [0.2, 0.25) is 0 Å². The van der Waals surface area contributed by atoms with Crippen LogP contribution in [0, 0.1) is 0 Å². The van der Waals surface area contributed by atoms with Gasteiger partial charge >= 0.3 is 0 Å². The third-order valence-electron chi connectivity index (χ3n) is 3.38. The molecule has 1 saturated heterocycles. The first-order chi connectivity index (χ1) is 9.20. The van der Waals surface area contributed by atoms with Crippen LogP contribution in [0.25, 0.3) is 0 Å². The summed E-state index contributed by atoms with van der Waals surface area (Å²) in [6.07, 6.45) is 3.60.